The molecule has 0 aliphatic rings. The average Bonchev–Trinajstić information content (AvgIpc) is 4.07. The lowest BCUT2D eigenvalue weighted by Crippen LogP contribution is -2.11. The Morgan fingerprint density at radius 3 is 1.85 bits per heavy atom. The third-order valence-corrected chi connectivity index (χ3v) is 14.7. The van der Waals surface area contributed by atoms with E-state index in [1.54, 1.807) is 0 Å². The maximum atomic E-state index is 7.13. The monoisotopic (exact) mass is 858 g/mol. The van der Waals surface area contributed by atoms with E-state index < -0.39 is 0 Å². The highest BCUT2D eigenvalue weighted by molar-refractivity contribution is 7.25. The van der Waals surface area contributed by atoms with Gasteiger partial charge in [-0.3, -0.25) is 0 Å². The maximum Gasteiger partial charge on any atom is 0.145 e. The number of benzene rings is 11. The minimum absolute atomic E-state index is 0.850. The molecule has 0 saturated heterocycles. The molecule has 14 aromatic rings. The first-order valence-electron chi connectivity index (χ1n) is 22.5. The highest BCUT2D eigenvalue weighted by Gasteiger charge is 2.26. The highest BCUT2D eigenvalue weighted by Crippen LogP contribution is 2.50. The standard InChI is InChI=1S/C62H38N2OS/c1-2-19-43-41(16-1)38-57(45-21-4-3-20-44(43)45)63(42-18-15-17-39(36-42)40-32-35-60-52(37-40)49-25-9-14-31-59(49)66-60)56-34-33-50(62-61(56)51-26-8-13-30-58(51)65-62)48-24-7-12-29-55(48)64-53-27-10-5-22-46(53)47-23-6-11-28-54(47)64/h1-38H. The molecule has 0 saturated carbocycles. The van der Waals surface area contributed by atoms with Crippen molar-refractivity contribution >= 4 is 114 Å². The van der Waals surface area contributed by atoms with Crippen molar-refractivity contribution in [2.75, 3.05) is 4.90 Å². The van der Waals surface area contributed by atoms with Crippen molar-refractivity contribution in [3.63, 3.8) is 0 Å². The summed E-state index contributed by atoms with van der Waals surface area (Å²) in [5.41, 5.74) is 12.8. The fraction of sp³-hybridized carbons (Fsp3) is 0. The lowest BCUT2D eigenvalue weighted by molar-refractivity contribution is 0.670. The molecule has 0 aliphatic heterocycles. The minimum atomic E-state index is 0.850. The van der Waals surface area contributed by atoms with Crippen molar-refractivity contribution in [2.45, 2.75) is 0 Å². The van der Waals surface area contributed by atoms with Crippen molar-refractivity contribution in [1.29, 1.82) is 0 Å². The van der Waals surface area contributed by atoms with Crippen molar-refractivity contribution < 1.29 is 4.42 Å². The van der Waals surface area contributed by atoms with Crippen LogP contribution in [0.4, 0.5) is 17.1 Å². The van der Waals surface area contributed by atoms with Gasteiger partial charge in [-0.15, -0.1) is 11.3 Å². The zero-order valence-corrected chi connectivity index (χ0v) is 36.5. The fourth-order valence-corrected chi connectivity index (χ4v) is 11.7. The zero-order chi connectivity index (χ0) is 43.3. The van der Waals surface area contributed by atoms with Crippen LogP contribution in [0, 0.1) is 0 Å². The van der Waals surface area contributed by atoms with Crippen molar-refractivity contribution in [1.82, 2.24) is 4.57 Å². The number of aromatic nitrogens is 1. The molecule has 14 rings (SSSR count). The number of furan rings is 1. The molecule has 11 aromatic carbocycles. The van der Waals surface area contributed by atoms with Crippen LogP contribution in [0.25, 0.3) is 113 Å². The highest BCUT2D eigenvalue weighted by atomic mass is 32.1. The van der Waals surface area contributed by atoms with Gasteiger partial charge in [-0.2, -0.15) is 0 Å². The van der Waals surface area contributed by atoms with Gasteiger partial charge in [0.2, 0.25) is 0 Å². The van der Waals surface area contributed by atoms with Gasteiger partial charge in [-0.25, -0.2) is 0 Å². The van der Waals surface area contributed by atoms with Gasteiger partial charge in [-0.1, -0.05) is 158 Å². The van der Waals surface area contributed by atoms with Crippen LogP contribution in [0.1, 0.15) is 0 Å². The molecule has 0 spiro atoms. The number of para-hydroxylation sites is 4. The van der Waals surface area contributed by atoms with Crippen LogP contribution in [-0.4, -0.2) is 4.57 Å². The van der Waals surface area contributed by atoms with E-state index in [2.05, 4.69) is 240 Å². The third kappa shape index (κ3) is 5.55. The Labute approximate surface area is 384 Å². The first kappa shape index (κ1) is 37.0. The fourth-order valence-electron chi connectivity index (χ4n) is 10.6. The second kappa shape index (κ2) is 14.5. The number of rotatable bonds is 6. The van der Waals surface area contributed by atoms with Gasteiger partial charge < -0.3 is 13.9 Å². The van der Waals surface area contributed by atoms with Crippen molar-refractivity contribution in [2.24, 2.45) is 0 Å². The van der Waals surface area contributed by atoms with Crippen LogP contribution in [-0.2, 0) is 0 Å². The van der Waals surface area contributed by atoms with Gasteiger partial charge in [0.25, 0.3) is 0 Å². The van der Waals surface area contributed by atoms with Gasteiger partial charge in [0.15, 0.2) is 0 Å². The Kier molecular flexibility index (Phi) is 8.15. The zero-order valence-electron chi connectivity index (χ0n) is 35.7. The first-order valence-corrected chi connectivity index (χ1v) is 23.3. The van der Waals surface area contributed by atoms with Gasteiger partial charge in [0.1, 0.15) is 11.2 Å². The first-order chi connectivity index (χ1) is 32.7. The van der Waals surface area contributed by atoms with Crippen LogP contribution in [0.3, 0.4) is 0 Å². The predicted molar refractivity (Wildman–Crippen MR) is 282 cm³/mol. The van der Waals surface area contributed by atoms with E-state index in [1.165, 1.54) is 69.1 Å². The Bertz CT molecular complexity index is 4210. The number of thiophene rings is 1. The van der Waals surface area contributed by atoms with Crippen molar-refractivity contribution in [3.8, 4) is 27.9 Å². The predicted octanol–water partition coefficient (Wildman–Crippen LogP) is 18.2. The largest absolute Gasteiger partial charge is 0.455 e. The van der Waals surface area contributed by atoms with Gasteiger partial charge in [-0.05, 0) is 100 Å². The third-order valence-electron chi connectivity index (χ3n) is 13.6. The summed E-state index contributed by atoms with van der Waals surface area (Å²) in [5, 5.41) is 12.0. The lowest BCUT2D eigenvalue weighted by atomic mass is 9.96. The summed E-state index contributed by atoms with van der Waals surface area (Å²) in [6.07, 6.45) is 0. The van der Waals surface area contributed by atoms with Crippen LogP contribution >= 0.6 is 11.3 Å². The SMILES string of the molecule is c1cc(-c2ccc3sc4ccccc4c3c2)cc(N(c2cc3ccccc3c3ccccc23)c2ccc(-c3ccccc3-n3c4ccccc4c4ccccc43)c3oc4ccccc4c23)c1. The molecule has 3 nitrogen and oxygen atoms in total. The second-order valence-corrected chi connectivity index (χ2v) is 18.3. The number of hydrogen-bond acceptors (Lipinski definition) is 3. The van der Waals surface area contributed by atoms with E-state index in [0.717, 1.165) is 61.4 Å². The van der Waals surface area contributed by atoms with Crippen molar-refractivity contribution in [3.05, 3.63) is 231 Å². The summed E-state index contributed by atoms with van der Waals surface area (Å²) in [6, 6.07) is 84.0. The molecular weight excluding hydrogens is 821 g/mol. The normalized spacial score (nSPS) is 11.9. The summed E-state index contributed by atoms with van der Waals surface area (Å²) < 4.78 is 12.2. The molecule has 3 aromatic heterocycles. The molecule has 0 N–H and O–H groups in total. The number of anilines is 3. The molecule has 3 heterocycles. The number of nitrogens with zero attached hydrogens (tertiary/aromatic N) is 2. The van der Waals surface area contributed by atoms with Gasteiger partial charge >= 0.3 is 0 Å². The van der Waals surface area contributed by atoms with Gasteiger partial charge in [0.05, 0.1) is 33.5 Å². The molecule has 308 valence electrons. The topological polar surface area (TPSA) is 21.3 Å². The molecule has 0 unspecified atom stereocenters. The molecule has 4 heteroatoms. The molecule has 0 bridgehead atoms. The summed E-state index contributed by atoms with van der Waals surface area (Å²) >= 11 is 1.85. The Morgan fingerprint density at radius 1 is 0.379 bits per heavy atom. The van der Waals surface area contributed by atoms with Gasteiger partial charge in [0, 0.05) is 58.5 Å². The van der Waals surface area contributed by atoms with E-state index in [4.69, 9.17) is 4.42 Å². The molecular formula is C62H38N2OS. The Balaban J connectivity index is 1.05. The van der Waals surface area contributed by atoms with Crippen LogP contribution in [0.2, 0.25) is 0 Å². The van der Waals surface area contributed by atoms with E-state index in [-0.39, 0.29) is 0 Å². The molecule has 0 atom stereocenters. The maximum absolute atomic E-state index is 7.13. The smallest absolute Gasteiger partial charge is 0.145 e. The molecule has 66 heavy (non-hydrogen) atoms. The van der Waals surface area contributed by atoms with E-state index in [0.29, 0.717) is 0 Å². The Morgan fingerprint density at radius 2 is 1.02 bits per heavy atom. The van der Waals surface area contributed by atoms with Crippen LogP contribution in [0.15, 0.2) is 235 Å². The van der Waals surface area contributed by atoms with E-state index in [1.807, 2.05) is 11.3 Å². The number of fused-ring (bicyclic) bond motifs is 12. The summed E-state index contributed by atoms with van der Waals surface area (Å²) in [7, 11) is 0. The Hall–Kier alpha value is -8.44. The van der Waals surface area contributed by atoms with E-state index in [9.17, 15) is 0 Å². The van der Waals surface area contributed by atoms with Crippen LogP contribution < -0.4 is 4.90 Å². The number of hydrogen-bond donors (Lipinski definition) is 0. The summed E-state index contributed by atoms with van der Waals surface area (Å²) in [5.74, 6) is 0. The quantitative estimate of drug-likeness (QED) is 0.155. The molecule has 0 aliphatic carbocycles. The molecule has 0 fully saturated rings. The molecule has 0 amide bonds. The minimum Gasteiger partial charge on any atom is -0.455 e. The second-order valence-electron chi connectivity index (χ2n) is 17.2. The van der Waals surface area contributed by atoms with Crippen LogP contribution in [0.5, 0.6) is 0 Å². The molecule has 0 radical (unpaired) electrons. The summed E-state index contributed by atoms with van der Waals surface area (Å²) in [6.45, 7) is 0. The lowest BCUT2D eigenvalue weighted by Gasteiger charge is -2.29. The average molecular weight is 859 g/mol. The van der Waals surface area contributed by atoms with E-state index >= 15 is 0 Å². The summed E-state index contributed by atoms with van der Waals surface area (Å²) in [4.78, 5) is 2.48.